The standard InChI is InChI=1S/C22H28N2O3S/c1-18(2)14-23-13-12-22(16-23)17-24(15-19-8-4-3-5-9-19)28(25,26)21-11-7-6-10-20(21)27-22/h3-11,18H,12-17H2,1-2H3. The van der Waals surface area contributed by atoms with Crippen LogP contribution in [0.3, 0.4) is 0 Å². The van der Waals surface area contributed by atoms with Gasteiger partial charge in [-0.2, -0.15) is 4.31 Å². The quantitative estimate of drug-likeness (QED) is 0.790. The van der Waals surface area contributed by atoms with Gasteiger partial charge in [0.1, 0.15) is 16.2 Å². The van der Waals surface area contributed by atoms with Crippen molar-refractivity contribution in [1.82, 2.24) is 9.21 Å². The van der Waals surface area contributed by atoms with E-state index < -0.39 is 15.6 Å². The third-order valence-electron chi connectivity index (χ3n) is 5.48. The summed E-state index contributed by atoms with van der Waals surface area (Å²) in [5, 5.41) is 0. The van der Waals surface area contributed by atoms with E-state index in [2.05, 4.69) is 18.7 Å². The molecule has 2 aliphatic rings. The number of hydrogen-bond acceptors (Lipinski definition) is 4. The van der Waals surface area contributed by atoms with Gasteiger partial charge in [-0.1, -0.05) is 56.3 Å². The number of rotatable bonds is 4. The Hall–Kier alpha value is -1.89. The number of ether oxygens (including phenoxy) is 1. The maximum absolute atomic E-state index is 13.5. The molecule has 1 atom stereocenters. The van der Waals surface area contributed by atoms with Crippen LogP contribution in [0.15, 0.2) is 59.5 Å². The summed E-state index contributed by atoms with van der Waals surface area (Å²) in [4.78, 5) is 2.66. The maximum Gasteiger partial charge on any atom is 0.247 e. The van der Waals surface area contributed by atoms with Crippen LogP contribution < -0.4 is 4.74 Å². The smallest absolute Gasteiger partial charge is 0.247 e. The van der Waals surface area contributed by atoms with Crippen LogP contribution in [0.25, 0.3) is 0 Å². The highest BCUT2D eigenvalue weighted by Crippen LogP contribution is 2.39. The first-order valence-corrected chi connectivity index (χ1v) is 11.4. The lowest BCUT2D eigenvalue weighted by Gasteiger charge is -2.32. The van der Waals surface area contributed by atoms with E-state index in [0.29, 0.717) is 24.8 Å². The normalized spacial score (nSPS) is 24.8. The fraction of sp³-hybridized carbons (Fsp3) is 0.455. The molecule has 0 aliphatic carbocycles. The molecule has 2 aromatic carbocycles. The van der Waals surface area contributed by atoms with Crippen molar-refractivity contribution < 1.29 is 13.2 Å². The van der Waals surface area contributed by atoms with E-state index in [4.69, 9.17) is 4.74 Å². The van der Waals surface area contributed by atoms with Crippen LogP contribution in [-0.2, 0) is 16.6 Å². The molecule has 0 amide bonds. The Morgan fingerprint density at radius 3 is 2.50 bits per heavy atom. The van der Waals surface area contributed by atoms with Gasteiger partial charge in [0.15, 0.2) is 0 Å². The third kappa shape index (κ3) is 3.81. The van der Waals surface area contributed by atoms with Crippen molar-refractivity contribution in [1.29, 1.82) is 0 Å². The summed E-state index contributed by atoms with van der Waals surface area (Å²) < 4.78 is 35.0. The Bertz CT molecular complexity index is 930. The van der Waals surface area contributed by atoms with Crippen molar-refractivity contribution >= 4 is 10.0 Å². The van der Waals surface area contributed by atoms with Crippen LogP contribution in [0, 0.1) is 5.92 Å². The summed E-state index contributed by atoms with van der Waals surface area (Å²) in [6.07, 6.45) is 0.828. The Morgan fingerprint density at radius 1 is 1.04 bits per heavy atom. The van der Waals surface area contributed by atoms with Gasteiger partial charge in [0, 0.05) is 32.6 Å². The van der Waals surface area contributed by atoms with Gasteiger partial charge in [-0.25, -0.2) is 8.42 Å². The number of para-hydroxylation sites is 1. The molecule has 150 valence electrons. The molecule has 0 saturated carbocycles. The zero-order chi connectivity index (χ0) is 19.8. The van der Waals surface area contributed by atoms with Crippen molar-refractivity contribution in [2.75, 3.05) is 26.2 Å². The van der Waals surface area contributed by atoms with Crippen LogP contribution in [-0.4, -0.2) is 49.4 Å². The van der Waals surface area contributed by atoms with E-state index in [1.807, 2.05) is 36.4 Å². The Morgan fingerprint density at radius 2 is 1.75 bits per heavy atom. The molecule has 1 saturated heterocycles. The van der Waals surface area contributed by atoms with Gasteiger partial charge in [-0.3, -0.25) is 4.90 Å². The van der Waals surface area contributed by atoms with Crippen LogP contribution in [0.5, 0.6) is 5.75 Å². The molecule has 2 heterocycles. The molecule has 0 radical (unpaired) electrons. The van der Waals surface area contributed by atoms with E-state index in [0.717, 1.165) is 31.6 Å². The molecular weight excluding hydrogens is 372 g/mol. The van der Waals surface area contributed by atoms with Crippen LogP contribution in [0.2, 0.25) is 0 Å². The fourth-order valence-corrected chi connectivity index (χ4v) is 5.92. The van der Waals surface area contributed by atoms with Crippen molar-refractivity contribution in [2.24, 2.45) is 5.92 Å². The summed E-state index contributed by atoms with van der Waals surface area (Å²) in [6, 6.07) is 16.8. The minimum absolute atomic E-state index is 0.269. The fourth-order valence-electron chi connectivity index (χ4n) is 4.30. The predicted octanol–water partition coefficient (Wildman–Crippen LogP) is 3.37. The number of likely N-dealkylation sites (tertiary alicyclic amines) is 1. The third-order valence-corrected chi connectivity index (χ3v) is 7.31. The second kappa shape index (κ2) is 7.50. The van der Waals surface area contributed by atoms with Gasteiger partial charge in [0.25, 0.3) is 0 Å². The first kappa shape index (κ1) is 19.4. The minimum Gasteiger partial charge on any atom is -0.483 e. The lowest BCUT2D eigenvalue weighted by Crippen LogP contribution is -2.49. The second-order valence-electron chi connectivity index (χ2n) is 8.37. The van der Waals surface area contributed by atoms with E-state index >= 15 is 0 Å². The van der Waals surface area contributed by atoms with Crippen LogP contribution in [0.1, 0.15) is 25.8 Å². The summed E-state index contributed by atoms with van der Waals surface area (Å²) in [6.45, 7) is 7.82. The van der Waals surface area contributed by atoms with Gasteiger partial charge in [0.05, 0.1) is 6.54 Å². The first-order valence-electron chi connectivity index (χ1n) is 9.92. The van der Waals surface area contributed by atoms with E-state index in [1.54, 1.807) is 22.5 Å². The summed E-state index contributed by atoms with van der Waals surface area (Å²) in [7, 11) is -3.63. The molecule has 1 fully saturated rings. The lowest BCUT2D eigenvalue weighted by molar-refractivity contribution is 0.0566. The van der Waals surface area contributed by atoms with Crippen LogP contribution in [0.4, 0.5) is 0 Å². The Kier molecular flexibility index (Phi) is 5.21. The SMILES string of the molecule is CC(C)CN1CCC2(C1)CN(Cc1ccccc1)S(=O)(=O)c1ccccc1O2. The molecule has 28 heavy (non-hydrogen) atoms. The summed E-state index contributed by atoms with van der Waals surface area (Å²) in [5.41, 5.74) is 0.473. The maximum atomic E-state index is 13.5. The van der Waals surface area contributed by atoms with Crippen molar-refractivity contribution in [3.63, 3.8) is 0 Å². The topological polar surface area (TPSA) is 49.9 Å². The van der Waals surface area contributed by atoms with E-state index in [9.17, 15) is 8.42 Å². The number of hydrogen-bond donors (Lipinski definition) is 0. The molecule has 6 heteroatoms. The van der Waals surface area contributed by atoms with Gasteiger partial charge in [0.2, 0.25) is 10.0 Å². The Balaban J connectivity index is 1.71. The number of fused-ring (bicyclic) bond motifs is 1. The molecule has 0 N–H and O–H groups in total. The number of benzene rings is 2. The zero-order valence-corrected chi connectivity index (χ0v) is 17.4. The van der Waals surface area contributed by atoms with Crippen molar-refractivity contribution in [2.45, 2.75) is 37.3 Å². The highest BCUT2D eigenvalue weighted by atomic mass is 32.2. The van der Waals surface area contributed by atoms with Crippen molar-refractivity contribution in [3.8, 4) is 5.75 Å². The molecule has 1 unspecified atom stereocenters. The van der Waals surface area contributed by atoms with Gasteiger partial charge in [-0.15, -0.1) is 0 Å². The summed E-state index contributed by atoms with van der Waals surface area (Å²) in [5.74, 6) is 1.04. The zero-order valence-electron chi connectivity index (χ0n) is 16.5. The largest absolute Gasteiger partial charge is 0.483 e. The highest BCUT2D eigenvalue weighted by molar-refractivity contribution is 7.89. The molecule has 1 spiro atoms. The predicted molar refractivity (Wildman–Crippen MR) is 110 cm³/mol. The number of nitrogens with zero attached hydrogens (tertiary/aromatic N) is 2. The average Bonchev–Trinajstić information content (AvgIpc) is 3.00. The van der Waals surface area contributed by atoms with Gasteiger partial charge >= 0.3 is 0 Å². The summed E-state index contributed by atoms with van der Waals surface area (Å²) >= 11 is 0. The monoisotopic (exact) mass is 400 g/mol. The molecule has 0 bridgehead atoms. The minimum atomic E-state index is -3.63. The Labute approximate surface area is 168 Å². The molecule has 0 aromatic heterocycles. The van der Waals surface area contributed by atoms with Gasteiger partial charge < -0.3 is 4.74 Å². The van der Waals surface area contributed by atoms with Crippen molar-refractivity contribution in [3.05, 3.63) is 60.2 Å². The lowest BCUT2D eigenvalue weighted by atomic mass is 10.0. The molecular formula is C22H28N2O3S. The number of sulfonamides is 1. The molecule has 4 rings (SSSR count). The second-order valence-corrected chi connectivity index (χ2v) is 10.3. The van der Waals surface area contributed by atoms with Crippen LogP contribution >= 0.6 is 0 Å². The average molecular weight is 401 g/mol. The highest BCUT2D eigenvalue weighted by Gasteiger charge is 2.47. The van der Waals surface area contributed by atoms with E-state index in [1.165, 1.54) is 0 Å². The van der Waals surface area contributed by atoms with Gasteiger partial charge in [-0.05, 0) is 23.6 Å². The first-order chi connectivity index (χ1) is 13.4. The molecule has 2 aliphatic heterocycles. The van der Waals surface area contributed by atoms with E-state index in [-0.39, 0.29) is 4.90 Å². The molecule has 2 aromatic rings. The molecule has 5 nitrogen and oxygen atoms in total.